The fourth-order valence-corrected chi connectivity index (χ4v) is 1.97. The summed E-state index contributed by atoms with van der Waals surface area (Å²) < 4.78 is 5.50. The molecule has 3 rings (SSSR count). The molecule has 6 heteroatoms. The van der Waals surface area contributed by atoms with Gasteiger partial charge < -0.3 is 15.8 Å². The van der Waals surface area contributed by atoms with E-state index < -0.39 is 0 Å². The van der Waals surface area contributed by atoms with Gasteiger partial charge in [-0.05, 0) is 6.07 Å². The first-order valence-corrected chi connectivity index (χ1v) is 5.84. The fraction of sp³-hybridized carbons (Fsp3) is 0.154. The number of benzene rings is 1. The number of rotatable bonds is 2. The first-order chi connectivity index (χ1) is 9.24. The third-order valence-electron chi connectivity index (χ3n) is 2.91. The van der Waals surface area contributed by atoms with Gasteiger partial charge in [0.1, 0.15) is 23.9 Å². The van der Waals surface area contributed by atoms with Gasteiger partial charge in [0.25, 0.3) is 5.91 Å². The Morgan fingerprint density at radius 3 is 2.95 bits per heavy atom. The quantitative estimate of drug-likeness (QED) is 0.834. The van der Waals surface area contributed by atoms with Crippen LogP contribution in [-0.4, -0.2) is 22.5 Å². The second-order valence-corrected chi connectivity index (χ2v) is 4.20. The Bertz CT molecular complexity index is 612. The number of hydrogen-bond donors (Lipinski definition) is 2. The van der Waals surface area contributed by atoms with Crippen LogP contribution in [0.25, 0.3) is 0 Å². The van der Waals surface area contributed by atoms with Crippen LogP contribution in [-0.2, 0) is 0 Å². The number of carbonyl (C=O) groups excluding carboxylic acids is 1. The molecule has 1 amide bonds. The summed E-state index contributed by atoms with van der Waals surface area (Å²) in [5.41, 5.74) is 6.63. The van der Waals surface area contributed by atoms with Gasteiger partial charge in [-0.1, -0.05) is 18.2 Å². The highest BCUT2D eigenvalue weighted by atomic mass is 16.5. The van der Waals surface area contributed by atoms with Gasteiger partial charge >= 0.3 is 0 Å². The van der Waals surface area contributed by atoms with E-state index in [0.717, 1.165) is 11.3 Å². The van der Waals surface area contributed by atoms with E-state index in [9.17, 15) is 4.79 Å². The van der Waals surface area contributed by atoms with Crippen LogP contribution in [0.15, 0.2) is 36.7 Å². The SMILES string of the molecule is Nc1cnc(C(=O)NC2COc3ccccc32)cn1. The van der Waals surface area contributed by atoms with E-state index >= 15 is 0 Å². The van der Waals surface area contributed by atoms with Crippen molar-refractivity contribution in [1.82, 2.24) is 15.3 Å². The smallest absolute Gasteiger partial charge is 0.272 e. The van der Waals surface area contributed by atoms with E-state index in [4.69, 9.17) is 10.5 Å². The van der Waals surface area contributed by atoms with Gasteiger partial charge in [-0.15, -0.1) is 0 Å². The maximum absolute atomic E-state index is 12.0. The van der Waals surface area contributed by atoms with Gasteiger partial charge in [-0.3, -0.25) is 4.79 Å². The number of nitrogen functional groups attached to an aromatic ring is 1. The van der Waals surface area contributed by atoms with Crippen molar-refractivity contribution in [3.8, 4) is 5.75 Å². The number of fused-ring (bicyclic) bond motifs is 1. The Morgan fingerprint density at radius 2 is 2.16 bits per heavy atom. The Kier molecular flexibility index (Phi) is 2.75. The predicted molar refractivity (Wildman–Crippen MR) is 68.6 cm³/mol. The third kappa shape index (κ3) is 2.20. The Balaban J connectivity index is 1.76. The van der Waals surface area contributed by atoms with E-state index in [1.165, 1.54) is 12.4 Å². The van der Waals surface area contributed by atoms with Crippen molar-refractivity contribution in [3.63, 3.8) is 0 Å². The van der Waals surface area contributed by atoms with Crippen LogP contribution in [0.4, 0.5) is 5.82 Å². The molecule has 2 aromatic rings. The lowest BCUT2D eigenvalue weighted by atomic mass is 10.1. The highest BCUT2D eigenvalue weighted by Gasteiger charge is 2.25. The van der Waals surface area contributed by atoms with Crippen LogP contribution in [0.2, 0.25) is 0 Å². The lowest BCUT2D eigenvalue weighted by Gasteiger charge is -2.10. The predicted octanol–water partition coefficient (Wildman–Crippen LogP) is 0.922. The Labute approximate surface area is 109 Å². The summed E-state index contributed by atoms with van der Waals surface area (Å²) in [7, 11) is 0. The minimum Gasteiger partial charge on any atom is -0.491 e. The van der Waals surface area contributed by atoms with Gasteiger partial charge in [0.2, 0.25) is 0 Å². The number of anilines is 1. The summed E-state index contributed by atoms with van der Waals surface area (Å²) in [6.07, 6.45) is 2.71. The number of nitrogens with one attached hydrogen (secondary N) is 1. The first-order valence-electron chi connectivity index (χ1n) is 5.84. The van der Waals surface area contributed by atoms with E-state index in [1.54, 1.807) is 0 Å². The molecule has 0 spiro atoms. The van der Waals surface area contributed by atoms with Crippen molar-refractivity contribution in [2.45, 2.75) is 6.04 Å². The summed E-state index contributed by atoms with van der Waals surface area (Å²) in [6, 6.07) is 7.46. The van der Waals surface area contributed by atoms with Crippen LogP contribution in [0, 0.1) is 0 Å². The zero-order chi connectivity index (χ0) is 13.2. The number of hydrogen-bond acceptors (Lipinski definition) is 5. The molecule has 0 radical (unpaired) electrons. The topological polar surface area (TPSA) is 90.1 Å². The number of para-hydroxylation sites is 1. The highest BCUT2D eigenvalue weighted by molar-refractivity contribution is 5.92. The maximum Gasteiger partial charge on any atom is 0.272 e. The monoisotopic (exact) mass is 256 g/mol. The van der Waals surface area contributed by atoms with Crippen LogP contribution >= 0.6 is 0 Å². The largest absolute Gasteiger partial charge is 0.491 e. The molecule has 1 unspecified atom stereocenters. The Morgan fingerprint density at radius 1 is 1.32 bits per heavy atom. The van der Waals surface area contributed by atoms with Crippen molar-refractivity contribution < 1.29 is 9.53 Å². The van der Waals surface area contributed by atoms with Gasteiger partial charge in [-0.25, -0.2) is 9.97 Å². The summed E-state index contributed by atoms with van der Waals surface area (Å²) >= 11 is 0. The van der Waals surface area contributed by atoms with Crippen molar-refractivity contribution in [3.05, 3.63) is 47.9 Å². The minimum atomic E-state index is -0.294. The van der Waals surface area contributed by atoms with E-state index in [2.05, 4.69) is 15.3 Å². The summed E-state index contributed by atoms with van der Waals surface area (Å²) in [6.45, 7) is 0.424. The van der Waals surface area contributed by atoms with Crippen LogP contribution in [0.5, 0.6) is 5.75 Å². The first kappa shape index (κ1) is 11.5. The molecular formula is C13H12N4O2. The summed E-state index contributed by atoms with van der Waals surface area (Å²) in [5, 5.41) is 2.86. The molecule has 0 saturated heterocycles. The number of carbonyl (C=O) groups is 1. The zero-order valence-corrected chi connectivity index (χ0v) is 10.0. The van der Waals surface area contributed by atoms with E-state index in [1.807, 2.05) is 24.3 Å². The lowest BCUT2D eigenvalue weighted by Crippen LogP contribution is -2.30. The molecule has 0 fully saturated rings. The van der Waals surface area contributed by atoms with Crippen LogP contribution in [0.1, 0.15) is 22.1 Å². The Hall–Kier alpha value is -2.63. The van der Waals surface area contributed by atoms with E-state index in [-0.39, 0.29) is 23.5 Å². The number of ether oxygens (including phenoxy) is 1. The average Bonchev–Trinajstić information content (AvgIpc) is 2.83. The molecule has 1 atom stereocenters. The second kappa shape index (κ2) is 4.56. The molecule has 2 heterocycles. The number of amides is 1. The lowest BCUT2D eigenvalue weighted by molar-refractivity contribution is 0.0925. The maximum atomic E-state index is 12.0. The molecular weight excluding hydrogens is 244 g/mol. The average molecular weight is 256 g/mol. The second-order valence-electron chi connectivity index (χ2n) is 4.20. The molecule has 1 aromatic carbocycles. The van der Waals surface area contributed by atoms with Crippen molar-refractivity contribution in [2.24, 2.45) is 0 Å². The minimum absolute atomic E-state index is 0.164. The normalized spacial score (nSPS) is 16.5. The van der Waals surface area contributed by atoms with Gasteiger partial charge in [-0.2, -0.15) is 0 Å². The molecule has 1 aromatic heterocycles. The summed E-state index contributed by atoms with van der Waals surface area (Å²) in [4.78, 5) is 19.8. The molecule has 6 nitrogen and oxygen atoms in total. The molecule has 96 valence electrons. The van der Waals surface area contributed by atoms with Crippen molar-refractivity contribution >= 4 is 11.7 Å². The van der Waals surface area contributed by atoms with Gasteiger partial charge in [0.05, 0.1) is 18.4 Å². The molecule has 1 aliphatic rings. The molecule has 3 N–H and O–H groups in total. The number of nitrogens with zero attached hydrogens (tertiary/aromatic N) is 2. The molecule has 1 aliphatic heterocycles. The third-order valence-corrected chi connectivity index (χ3v) is 2.91. The van der Waals surface area contributed by atoms with Crippen molar-refractivity contribution in [1.29, 1.82) is 0 Å². The number of aromatic nitrogens is 2. The zero-order valence-electron chi connectivity index (χ0n) is 10.0. The van der Waals surface area contributed by atoms with Gasteiger partial charge in [0, 0.05) is 5.56 Å². The molecule has 0 bridgehead atoms. The molecule has 0 saturated carbocycles. The fourth-order valence-electron chi connectivity index (χ4n) is 1.97. The van der Waals surface area contributed by atoms with Gasteiger partial charge in [0.15, 0.2) is 0 Å². The van der Waals surface area contributed by atoms with E-state index in [0.29, 0.717) is 6.61 Å². The van der Waals surface area contributed by atoms with Crippen LogP contribution in [0.3, 0.4) is 0 Å². The van der Waals surface area contributed by atoms with Crippen LogP contribution < -0.4 is 15.8 Å². The highest BCUT2D eigenvalue weighted by Crippen LogP contribution is 2.31. The standard InChI is InChI=1S/C13H12N4O2/c14-12-6-15-9(5-16-12)13(18)17-10-7-19-11-4-2-1-3-8(10)11/h1-6,10H,7H2,(H2,14,16)(H,17,18). The molecule has 0 aliphatic carbocycles. The number of nitrogens with two attached hydrogens (primary N) is 1. The molecule has 19 heavy (non-hydrogen) atoms. The van der Waals surface area contributed by atoms with Crippen molar-refractivity contribution in [2.75, 3.05) is 12.3 Å². The summed E-state index contributed by atoms with van der Waals surface area (Å²) in [5.74, 6) is 0.792.